The molecule has 3 rings (SSSR count). The Morgan fingerprint density at radius 2 is 2.27 bits per heavy atom. The summed E-state index contributed by atoms with van der Waals surface area (Å²) in [7, 11) is 0. The summed E-state index contributed by atoms with van der Waals surface area (Å²) < 4.78 is 33.6. The number of hydrogen-bond acceptors (Lipinski definition) is 8. The Kier molecular flexibility index (Phi) is 6.81. The van der Waals surface area contributed by atoms with Gasteiger partial charge in [0, 0.05) is 42.7 Å². The minimum Gasteiger partial charge on any atom is -0.481 e. The summed E-state index contributed by atoms with van der Waals surface area (Å²) in [5.41, 5.74) is 0.705. The lowest BCUT2D eigenvalue weighted by Gasteiger charge is -2.30. The molecule has 0 spiro atoms. The highest BCUT2D eigenvalue weighted by Gasteiger charge is 2.47. The van der Waals surface area contributed by atoms with Crippen LogP contribution in [0.1, 0.15) is 31.7 Å². The number of ether oxygens (including phenoxy) is 1. The summed E-state index contributed by atoms with van der Waals surface area (Å²) in [5.74, 6) is -4.52. The number of nitrogens with one attached hydrogen (secondary N) is 1. The SMILES string of the molecule is CCOC(=O)C1=C(CN2CC(F)(F)C[C@H]2C(C)CC(=O)O)NC(c2nccs2)=NC1. The maximum absolute atomic E-state index is 14.2. The number of hydrogen-bond donors (Lipinski definition) is 2. The summed E-state index contributed by atoms with van der Waals surface area (Å²) in [5, 5.41) is 14.6. The number of alkyl halides is 2. The van der Waals surface area contributed by atoms with E-state index in [4.69, 9.17) is 9.84 Å². The van der Waals surface area contributed by atoms with Gasteiger partial charge < -0.3 is 15.2 Å². The van der Waals surface area contributed by atoms with Crippen LogP contribution in [0.25, 0.3) is 0 Å². The van der Waals surface area contributed by atoms with E-state index in [0.29, 0.717) is 16.5 Å². The number of rotatable bonds is 8. The molecule has 1 fully saturated rings. The molecule has 1 saturated heterocycles. The number of thiazole rings is 1. The van der Waals surface area contributed by atoms with Gasteiger partial charge in [-0.25, -0.2) is 18.6 Å². The predicted molar refractivity (Wildman–Crippen MR) is 107 cm³/mol. The molecule has 0 bridgehead atoms. The normalized spacial score (nSPS) is 22.4. The van der Waals surface area contributed by atoms with Crippen molar-refractivity contribution < 1.29 is 28.2 Å². The van der Waals surface area contributed by atoms with Crippen LogP contribution in [0.15, 0.2) is 27.8 Å². The summed E-state index contributed by atoms with van der Waals surface area (Å²) in [6.07, 6.45) is 0.996. The van der Waals surface area contributed by atoms with Crippen LogP contribution in [-0.4, -0.2) is 71.0 Å². The highest BCUT2D eigenvalue weighted by atomic mass is 32.1. The molecule has 2 aliphatic rings. The molecular formula is C19H24F2N4O4S. The summed E-state index contributed by atoms with van der Waals surface area (Å²) in [6, 6.07) is -0.629. The molecule has 2 N–H and O–H groups in total. The van der Waals surface area contributed by atoms with Gasteiger partial charge in [0.05, 0.1) is 25.3 Å². The lowest BCUT2D eigenvalue weighted by Crippen LogP contribution is -2.42. The first-order valence-corrected chi connectivity index (χ1v) is 10.5. The van der Waals surface area contributed by atoms with Crippen molar-refractivity contribution in [2.45, 2.75) is 38.7 Å². The molecular weight excluding hydrogens is 418 g/mol. The van der Waals surface area contributed by atoms with Crippen molar-refractivity contribution in [1.82, 2.24) is 15.2 Å². The Balaban J connectivity index is 1.86. The lowest BCUT2D eigenvalue weighted by molar-refractivity contribution is -0.139. The van der Waals surface area contributed by atoms with E-state index < -0.39 is 42.8 Å². The largest absolute Gasteiger partial charge is 0.481 e. The first-order chi connectivity index (χ1) is 14.2. The Labute approximate surface area is 176 Å². The molecule has 0 aliphatic carbocycles. The number of aromatic nitrogens is 1. The van der Waals surface area contributed by atoms with Crippen LogP contribution in [0.3, 0.4) is 0 Å². The highest BCUT2D eigenvalue weighted by molar-refractivity contribution is 7.11. The van der Waals surface area contributed by atoms with Gasteiger partial charge in [-0.3, -0.25) is 14.7 Å². The molecule has 30 heavy (non-hydrogen) atoms. The van der Waals surface area contributed by atoms with Gasteiger partial charge in [0.25, 0.3) is 5.92 Å². The zero-order valence-corrected chi connectivity index (χ0v) is 17.5. The number of carbonyl (C=O) groups excluding carboxylic acids is 1. The molecule has 1 aromatic rings. The maximum Gasteiger partial charge on any atom is 0.337 e. The van der Waals surface area contributed by atoms with Crippen LogP contribution in [0.4, 0.5) is 8.78 Å². The van der Waals surface area contributed by atoms with Crippen LogP contribution >= 0.6 is 11.3 Å². The van der Waals surface area contributed by atoms with Crippen molar-refractivity contribution in [1.29, 1.82) is 0 Å². The molecule has 8 nitrogen and oxygen atoms in total. The number of amidine groups is 1. The average Bonchev–Trinajstić information content (AvgIpc) is 3.29. The number of halogens is 2. The van der Waals surface area contributed by atoms with Gasteiger partial charge in [-0.05, 0) is 12.8 Å². The van der Waals surface area contributed by atoms with Crippen LogP contribution in [0, 0.1) is 5.92 Å². The number of carboxylic acid groups (broad SMARTS) is 1. The van der Waals surface area contributed by atoms with E-state index in [-0.39, 0.29) is 31.7 Å². The molecule has 3 heterocycles. The number of esters is 1. The van der Waals surface area contributed by atoms with Gasteiger partial charge in [0.1, 0.15) is 0 Å². The molecule has 1 unspecified atom stereocenters. The number of aliphatic imine (C=N–C) groups is 1. The third kappa shape index (κ3) is 5.20. The van der Waals surface area contributed by atoms with E-state index in [2.05, 4.69) is 15.3 Å². The number of likely N-dealkylation sites (tertiary alicyclic amines) is 1. The zero-order valence-electron chi connectivity index (χ0n) is 16.7. The topological polar surface area (TPSA) is 104 Å². The van der Waals surface area contributed by atoms with E-state index in [1.54, 1.807) is 30.3 Å². The van der Waals surface area contributed by atoms with Crippen LogP contribution < -0.4 is 5.32 Å². The molecule has 0 aromatic carbocycles. The number of carbonyl (C=O) groups is 2. The number of nitrogens with zero attached hydrogens (tertiary/aromatic N) is 3. The monoisotopic (exact) mass is 442 g/mol. The molecule has 11 heteroatoms. The molecule has 164 valence electrons. The third-order valence-electron chi connectivity index (χ3n) is 5.11. The second-order valence-corrected chi connectivity index (χ2v) is 8.31. The van der Waals surface area contributed by atoms with E-state index in [1.807, 2.05) is 0 Å². The molecule has 0 amide bonds. The second kappa shape index (κ2) is 9.17. The van der Waals surface area contributed by atoms with Gasteiger partial charge in [-0.2, -0.15) is 0 Å². The van der Waals surface area contributed by atoms with Crippen molar-refractivity contribution in [3.05, 3.63) is 27.9 Å². The fraction of sp³-hybridized carbons (Fsp3) is 0.579. The molecule has 2 aliphatic heterocycles. The minimum absolute atomic E-state index is 0.0305. The van der Waals surface area contributed by atoms with E-state index in [1.165, 1.54) is 11.3 Å². The molecule has 1 aromatic heterocycles. The summed E-state index contributed by atoms with van der Waals surface area (Å²) >= 11 is 1.36. The van der Waals surface area contributed by atoms with E-state index >= 15 is 0 Å². The molecule has 0 saturated carbocycles. The van der Waals surface area contributed by atoms with E-state index in [9.17, 15) is 18.4 Å². The van der Waals surface area contributed by atoms with Crippen molar-refractivity contribution in [2.75, 3.05) is 26.2 Å². The molecule has 0 radical (unpaired) electrons. The van der Waals surface area contributed by atoms with Gasteiger partial charge in [-0.15, -0.1) is 11.3 Å². The lowest BCUT2D eigenvalue weighted by atomic mass is 9.95. The van der Waals surface area contributed by atoms with Crippen LogP contribution in [0.5, 0.6) is 0 Å². The van der Waals surface area contributed by atoms with Gasteiger partial charge >= 0.3 is 11.9 Å². The van der Waals surface area contributed by atoms with Gasteiger partial charge in [0.15, 0.2) is 10.8 Å². The van der Waals surface area contributed by atoms with E-state index in [0.717, 1.165) is 0 Å². The maximum atomic E-state index is 14.2. The van der Waals surface area contributed by atoms with Crippen molar-refractivity contribution >= 4 is 29.1 Å². The second-order valence-electron chi connectivity index (χ2n) is 7.41. The third-order valence-corrected chi connectivity index (χ3v) is 5.89. The minimum atomic E-state index is -2.93. The van der Waals surface area contributed by atoms with Crippen molar-refractivity contribution in [2.24, 2.45) is 10.9 Å². The number of carboxylic acids is 1. The van der Waals surface area contributed by atoms with Crippen molar-refractivity contribution in [3.8, 4) is 0 Å². The smallest absolute Gasteiger partial charge is 0.337 e. The van der Waals surface area contributed by atoms with Crippen molar-refractivity contribution in [3.63, 3.8) is 0 Å². The first kappa shape index (κ1) is 22.3. The Hall–Kier alpha value is -2.40. The van der Waals surface area contributed by atoms with Crippen LogP contribution in [-0.2, 0) is 14.3 Å². The predicted octanol–water partition coefficient (Wildman–Crippen LogP) is 2.13. The zero-order chi connectivity index (χ0) is 21.9. The Morgan fingerprint density at radius 3 is 2.90 bits per heavy atom. The fourth-order valence-electron chi connectivity index (χ4n) is 3.78. The fourth-order valence-corrected chi connectivity index (χ4v) is 4.38. The summed E-state index contributed by atoms with van der Waals surface area (Å²) in [6.45, 7) is 3.09. The summed E-state index contributed by atoms with van der Waals surface area (Å²) in [4.78, 5) is 33.6. The standard InChI is InChI=1S/C19H24F2N4O4S/c1-3-29-18(28)12-8-23-16(17-22-4-5-30-17)24-13(12)9-25-10-19(20,21)7-14(25)11(2)6-15(26)27/h4-5,11,14H,3,6-10H2,1-2H3,(H,23,24)(H,26,27)/t11?,14-/m0/s1. The quantitative estimate of drug-likeness (QED) is 0.595. The Bertz CT molecular complexity index is 857. The first-order valence-electron chi connectivity index (χ1n) is 9.64. The highest BCUT2D eigenvalue weighted by Crippen LogP contribution is 2.37. The van der Waals surface area contributed by atoms with Gasteiger partial charge in [-0.1, -0.05) is 6.92 Å². The molecule has 2 atom stereocenters. The van der Waals surface area contributed by atoms with Gasteiger partial charge in [0.2, 0.25) is 0 Å². The van der Waals surface area contributed by atoms with Crippen LogP contribution in [0.2, 0.25) is 0 Å². The average molecular weight is 442 g/mol. The Morgan fingerprint density at radius 1 is 1.50 bits per heavy atom. The number of aliphatic carboxylic acids is 1.